The molecule has 1 aromatic rings. The summed E-state index contributed by atoms with van der Waals surface area (Å²) in [6.45, 7) is 10.2. The highest BCUT2D eigenvalue weighted by atomic mass is 16.6. The zero-order valence-electron chi connectivity index (χ0n) is 23.3. The lowest BCUT2D eigenvalue weighted by molar-refractivity contribution is -0.122. The number of aliphatic hydroxyl groups excluding tert-OH is 2. The molecular formula is C31H34N2O8. The van der Waals surface area contributed by atoms with E-state index in [1.807, 2.05) is 26.8 Å². The number of hydrogen-bond donors (Lipinski definition) is 4. The molecule has 1 aliphatic heterocycles. The van der Waals surface area contributed by atoms with E-state index in [-0.39, 0.29) is 35.5 Å². The lowest BCUT2D eigenvalue weighted by Crippen LogP contribution is -2.40. The number of benzene rings is 1. The number of ether oxygens (including phenoxy) is 1. The molecule has 216 valence electrons. The molecule has 0 spiro atoms. The van der Waals surface area contributed by atoms with E-state index in [9.17, 15) is 34.5 Å². The van der Waals surface area contributed by atoms with Crippen LogP contribution in [0.4, 0.5) is 4.79 Å². The zero-order chi connectivity index (χ0) is 30.0. The molecule has 0 aromatic heterocycles. The fourth-order valence-electron chi connectivity index (χ4n) is 6.51. The van der Waals surface area contributed by atoms with Crippen molar-refractivity contribution in [2.75, 3.05) is 13.1 Å². The number of Topliss-reactive ketones (excluding diaryl/α,β-unsaturated/α-hetero) is 2. The highest BCUT2D eigenvalue weighted by molar-refractivity contribution is 6.21. The maximum absolute atomic E-state index is 13.8. The van der Waals surface area contributed by atoms with Gasteiger partial charge in [-0.15, -0.1) is 0 Å². The number of aromatic hydroxyl groups is 1. The molecule has 1 heterocycles. The van der Waals surface area contributed by atoms with Crippen molar-refractivity contribution in [3.63, 3.8) is 0 Å². The molecule has 3 aliphatic carbocycles. The average Bonchev–Trinajstić information content (AvgIpc) is 2.96. The van der Waals surface area contributed by atoms with Gasteiger partial charge in [-0.2, -0.15) is 0 Å². The van der Waals surface area contributed by atoms with Gasteiger partial charge in [0.25, 0.3) is 5.91 Å². The number of carbonyl (C=O) groups is 4. The average molecular weight is 563 g/mol. The summed E-state index contributed by atoms with van der Waals surface area (Å²) >= 11 is 0. The number of phenolic OH excluding ortho intramolecular Hbond substituents is 1. The Morgan fingerprint density at radius 1 is 1.15 bits per heavy atom. The van der Waals surface area contributed by atoms with Crippen LogP contribution in [0.25, 0.3) is 11.3 Å². The number of aliphatic hydroxyl groups is 2. The maximum Gasteiger partial charge on any atom is 0.410 e. The fourth-order valence-corrected chi connectivity index (χ4v) is 6.51. The van der Waals surface area contributed by atoms with E-state index >= 15 is 0 Å². The fraction of sp³-hybridized carbons (Fsp3) is 0.419. The summed E-state index contributed by atoms with van der Waals surface area (Å²) in [6, 6.07) is 3.23. The third kappa shape index (κ3) is 4.81. The van der Waals surface area contributed by atoms with Crippen molar-refractivity contribution in [3.05, 3.63) is 64.0 Å². The van der Waals surface area contributed by atoms with Crippen LogP contribution in [0.1, 0.15) is 56.7 Å². The van der Waals surface area contributed by atoms with E-state index in [0.29, 0.717) is 37.1 Å². The molecule has 2 amide bonds. The minimum atomic E-state index is -1.28. The van der Waals surface area contributed by atoms with Gasteiger partial charge in [-0.25, -0.2) is 4.79 Å². The Bertz CT molecular complexity index is 1510. The zero-order valence-corrected chi connectivity index (χ0v) is 23.3. The second-order valence-corrected chi connectivity index (χ2v) is 12.1. The molecule has 1 fully saturated rings. The first-order valence-corrected chi connectivity index (χ1v) is 13.6. The number of nitrogens with zero attached hydrogens (tertiary/aromatic N) is 1. The molecular weight excluding hydrogens is 528 g/mol. The normalized spacial score (nSPS) is 24.8. The van der Waals surface area contributed by atoms with Crippen molar-refractivity contribution in [1.29, 1.82) is 0 Å². The Labute approximate surface area is 237 Å². The molecule has 10 nitrogen and oxygen atoms in total. The Hall–Kier alpha value is -4.34. The van der Waals surface area contributed by atoms with Crippen LogP contribution < -0.4 is 5.73 Å². The highest BCUT2D eigenvalue weighted by Gasteiger charge is 2.50. The number of ketones is 2. The SMILES string of the molecule is C=C1CC(=O)C(C(N)=O)=C(O)C2C(=O)C3=C(O)c4c(O)ccc(C5=CCN(C(=O)OC(C)(C)C)CC5)c4CC3CC12. The van der Waals surface area contributed by atoms with E-state index in [1.54, 1.807) is 11.0 Å². The van der Waals surface area contributed by atoms with Crippen molar-refractivity contribution in [2.45, 2.75) is 52.1 Å². The first-order valence-electron chi connectivity index (χ1n) is 13.6. The van der Waals surface area contributed by atoms with Crippen molar-refractivity contribution >= 4 is 34.9 Å². The summed E-state index contributed by atoms with van der Waals surface area (Å²) in [5.41, 5.74) is 7.14. The third-order valence-electron chi connectivity index (χ3n) is 8.33. The van der Waals surface area contributed by atoms with Crippen molar-refractivity contribution in [3.8, 4) is 5.75 Å². The predicted octanol–water partition coefficient (Wildman–Crippen LogP) is 3.89. The molecule has 0 radical (unpaired) electrons. The molecule has 10 heteroatoms. The van der Waals surface area contributed by atoms with Crippen molar-refractivity contribution in [2.24, 2.45) is 23.5 Å². The Kier molecular flexibility index (Phi) is 6.83. The summed E-state index contributed by atoms with van der Waals surface area (Å²) in [5.74, 6) is -6.13. The van der Waals surface area contributed by atoms with Gasteiger partial charge in [0.2, 0.25) is 0 Å². The van der Waals surface area contributed by atoms with Gasteiger partial charge in [0, 0.05) is 25.1 Å². The summed E-state index contributed by atoms with van der Waals surface area (Å²) in [4.78, 5) is 52.6. The molecule has 4 aliphatic rings. The number of amides is 2. The Morgan fingerprint density at radius 3 is 2.46 bits per heavy atom. The van der Waals surface area contributed by atoms with Crippen LogP contribution in [-0.4, -0.2) is 62.5 Å². The number of rotatable bonds is 2. The first-order chi connectivity index (χ1) is 19.2. The smallest absolute Gasteiger partial charge is 0.410 e. The second kappa shape index (κ2) is 9.94. The minimum absolute atomic E-state index is 0.0393. The molecule has 5 rings (SSSR count). The van der Waals surface area contributed by atoms with Gasteiger partial charge in [-0.1, -0.05) is 24.3 Å². The van der Waals surface area contributed by atoms with Gasteiger partial charge in [-0.3, -0.25) is 14.4 Å². The van der Waals surface area contributed by atoms with Crippen LogP contribution in [0.2, 0.25) is 0 Å². The van der Waals surface area contributed by atoms with Crippen LogP contribution in [0.15, 0.2) is 47.3 Å². The second-order valence-electron chi connectivity index (χ2n) is 12.1. The monoisotopic (exact) mass is 562 g/mol. The summed E-state index contributed by atoms with van der Waals surface area (Å²) in [5, 5.41) is 33.2. The van der Waals surface area contributed by atoms with Crippen LogP contribution >= 0.6 is 0 Å². The number of fused-ring (bicyclic) bond motifs is 3. The van der Waals surface area contributed by atoms with Crippen molar-refractivity contribution < 1.29 is 39.2 Å². The van der Waals surface area contributed by atoms with E-state index < -0.39 is 58.3 Å². The van der Waals surface area contributed by atoms with E-state index in [1.165, 1.54) is 6.07 Å². The molecule has 41 heavy (non-hydrogen) atoms. The van der Waals surface area contributed by atoms with Gasteiger partial charge in [0.1, 0.15) is 28.4 Å². The van der Waals surface area contributed by atoms with Crippen LogP contribution in [0.3, 0.4) is 0 Å². The number of hydrogen-bond acceptors (Lipinski definition) is 8. The van der Waals surface area contributed by atoms with Gasteiger partial charge in [-0.05, 0) is 74.6 Å². The summed E-state index contributed by atoms with van der Waals surface area (Å²) in [7, 11) is 0. The van der Waals surface area contributed by atoms with E-state index in [4.69, 9.17) is 10.5 Å². The highest BCUT2D eigenvalue weighted by Crippen LogP contribution is 2.51. The van der Waals surface area contributed by atoms with Gasteiger partial charge in [0.15, 0.2) is 11.6 Å². The summed E-state index contributed by atoms with van der Waals surface area (Å²) in [6.07, 6.45) is 2.42. The Balaban J connectivity index is 1.54. The predicted molar refractivity (Wildman–Crippen MR) is 149 cm³/mol. The van der Waals surface area contributed by atoms with Gasteiger partial charge >= 0.3 is 6.09 Å². The van der Waals surface area contributed by atoms with Crippen LogP contribution in [-0.2, 0) is 25.5 Å². The molecule has 3 atom stereocenters. The molecule has 3 unspecified atom stereocenters. The molecule has 0 bridgehead atoms. The quantitative estimate of drug-likeness (QED) is 0.311. The Morgan fingerprint density at radius 2 is 1.85 bits per heavy atom. The van der Waals surface area contributed by atoms with Crippen LogP contribution in [0, 0.1) is 17.8 Å². The summed E-state index contributed by atoms with van der Waals surface area (Å²) < 4.78 is 5.48. The minimum Gasteiger partial charge on any atom is -0.511 e. The number of phenols is 1. The standard InChI is InChI=1S/C31H34N2O8/c1-14-11-21(35)25(29(32)39)28(38)24-18(14)12-16-13-19-17(5-6-20(34)23(19)26(36)22(16)27(24)37)15-7-9-33(10-8-15)30(40)41-31(2,3)4/h5-7,16,18,24,34,36,38H,1,8-13H2,2-4H3,(H2,32,39). The number of primary amides is 1. The number of nitrogens with two attached hydrogens (primary N) is 1. The molecule has 0 saturated heterocycles. The molecule has 1 saturated carbocycles. The number of carbonyl (C=O) groups excluding carboxylic acids is 4. The van der Waals surface area contributed by atoms with Crippen molar-refractivity contribution in [1.82, 2.24) is 4.90 Å². The lowest BCUT2D eigenvalue weighted by Gasteiger charge is -2.40. The van der Waals surface area contributed by atoms with E-state index in [2.05, 4.69) is 6.58 Å². The van der Waals surface area contributed by atoms with Gasteiger partial charge in [0.05, 0.1) is 11.5 Å². The molecule has 5 N–H and O–H groups in total. The maximum atomic E-state index is 13.8. The van der Waals surface area contributed by atoms with E-state index in [0.717, 1.165) is 11.1 Å². The van der Waals surface area contributed by atoms with Crippen LogP contribution in [0.5, 0.6) is 5.75 Å². The largest absolute Gasteiger partial charge is 0.511 e. The topological polar surface area (TPSA) is 167 Å². The lowest BCUT2D eigenvalue weighted by atomic mass is 9.63. The molecule has 1 aromatic carbocycles. The number of allylic oxidation sites excluding steroid dienone is 3. The third-order valence-corrected chi connectivity index (χ3v) is 8.33. The first kappa shape index (κ1) is 28.2. The van der Waals surface area contributed by atoms with Gasteiger partial charge < -0.3 is 30.7 Å².